The summed E-state index contributed by atoms with van der Waals surface area (Å²) in [6.45, 7) is 4.17. The summed E-state index contributed by atoms with van der Waals surface area (Å²) in [7, 11) is 1.66. The number of carbonyl (C=O) groups excluding carboxylic acids is 2. The fraction of sp³-hybridized carbons (Fsp3) is 0.833. The predicted molar refractivity (Wildman–Crippen MR) is 74.0 cm³/mol. The summed E-state index contributed by atoms with van der Waals surface area (Å²) in [6.07, 6.45) is 0. The first-order valence-electron chi connectivity index (χ1n) is 6.36. The van der Waals surface area contributed by atoms with Crippen molar-refractivity contribution in [3.63, 3.8) is 0 Å². The third-order valence-corrected chi connectivity index (χ3v) is 4.04. The molecule has 1 unspecified atom stereocenters. The van der Waals surface area contributed by atoms with Crippen molar-refractivity contribution >= 4 is 23.6 Å². The van der Waals surface area contributed by atoms with Crippen LogP contribution in [-0.4, -0.2) is 84.2 Å². The molecule has 0 aliphatic carbocycles. The second kappa shape index (κ2) is 8.39. The van der Waals surface area contributed by atoms with E-state index in [0.29, 0.717) is 32.1 Å². The Bertz CT molecular complexity index is 294. The fourth-order valence-corrected chi connectivity index (χ4v) is 2.44. The van der Waals surface area contributed by atoms with E-state index >= 15 is 0 Å². The number of thioether (sulfide) groups is 1. The van der Waals surface area contributed by atoms with E-state index in [4.69, 9.17) is 9.84 Å². The summed E-state index contributed by atoms with van der Waals surface area (Å²) in [6, 6.07) is -0.192. The highest BCUT2D eigenvalue weighted by Gasteiger charge is 2.18. The Kier molecular flexibility index (Phi) is 7.19. The second-order valence-corrected chi connectivity index (χ2v) is 5.51. The topological polar surface area (TPSA) is 70.1 Å². The number of hydrogen-bond donors (Lipinski definition) is 1. The van der Waals surface area contributed by atoms with Gasteiger partial charge in [-0.15, -0.1) is 11.8 Å². The zero-order valence-corrected chi connectivity index (χ0v) is 12.3. The largest absolute Gasteiger partial charge is 0.394 e. The average molecular weight is 290 g/mol. The van der Waals surface area contributed by atoms with Crippen LogP contribution < -0.4 is 0 Å². The van der Waals surface area contributed by atoms with Gasteiger partial charge in [0.25, 0.3) is 0 Å². The van der Waals surface area contributed by atoms with Gasteiger partial charge in [0, 0.05) is 20.1 Å². The van der Waals surface area contributed by atoms with E-state index < -0.39 is 0 Å². The van der Waals surface area contributed by atoms with E-state index in [0.717, 1.165) is 0 Å². The first-order chi connectivity index (χ1) is 9.06. The molecule has 1 N–H and O–H groups in total. The highest BCUT2D eigenvalue weighted by molar-refractivity contribution is 8.00. The molecule has 0 aromatic rings. The molecule has 1 atom stereocenters. The molecule has 1 saturated heterocycles. The molecule has 0 saturated carbocycles. The third kappa shape index (κ3) is 5.38. The number of aliphatic hydroxyl groups is 1. The van der Waals surface area contributed by atoms with E-state index in [1.54, 1.807) is 18.9 Å². The number of ether oxygens (including phenoxy) is 1. The normalized spacial score (nSPS) is 17.1. The van der Waals surface area contributed by atoms with Crippen LogP contribution in [0.2, 0.25) is 0 Å². The van der Waals surface area contributed by atoms with Crippen LogP contribution >= 0.6 is 11.8 Å². The number of rotatable bonds is 6. The SMILES string of the molecule is CC(CO)N(C)C(=O)CSCC(=O)N1CCOCC1. The van der Waals surface area contributed by atoms with Crippen molar-refractivity contribution in [3.8, 4) is 0 Å². The maximum atomic E-state index is 11.8. The van der Waals surface area contributed by atoms with Gasteiger partial charge in [-0.1, -0.05) is 0 Å². The summed E-state index contributed by atoms with van der Waals surface area (Å²) >= 11 is 1.31. The fourth-order valence-electron chi connectivity index (χ4n) is 1.60. The molecular formula is C12H22N2O4S. The van der Waals surface area contributed by atoms with Crippen LogP contribution in [0, 0.1) is 0 Å². The molecule has 1 fully saturated rings. The summed E-state index contributed by atoms with van der Waals surface area (Å²) in [5.74, 6) is 0.560. The standard InChI is InChI=1S/C12H22N2O4S/c1-10(7-15)13(2)11(16)8-19-9-12(17)14-3-5-18-6-4-14/h10,15H,3-9H2,1-2H3. The molecule has 7 heteroatoms. The molecule has 19 heavy (non-hydrogen) atoms. The Balaban J connectivity index is 2.22. The molecule has 1 rings (SSSR count). The molecule has 110 valence electrons. The average Bonchev–Trinajstić information content (AvgIpc) is 2.46. The monoisotopic (exact) mass is 290 g/mol. The Hall–Kier alpha value is -0.790. The zero-order chi connectivity index (χ0) is 14.3. The highest BCUT2D eigenvalue weighted by Crippen LogP contribution is 2.07. The van der Waals surface area contributed by atoms with Gasteiger partial charge in [0.15, 0.2) is 0 Å². The first-order valence-corrected chi connectivity index (χ1v) is 7.51. The van der Waals surface area contributed by atoms with Crippen LogP contribution in [0.25, 0.3) is 0 Å². The number of carbonyl (C=O) groups is 2. The lowest BCUT2D eigenvalue weighted by Gasteiger charge is -2.27. The van der Waals surface area contributed by atoms with Crippen LogP contribution in [0.1, 0.15) is 6.92 Å². The van der Waals surface area contributed by atoms with Crippen molar-refractivity contribution in [1.29, 1.82) is 0 Å². The minimum absolute atomic E-state index is 0.0546. The smallest absolute Gasteiger partial charge is 0.232 e. The molecule has 0 aromatic carbocycles. The van der Waals surface area contributed by atoms with Crippen LogP contribution in [0.3, 0.4) is 0 Å². The van der Waals surface area contributed by atoms with Gasteiger partial charge in [0.1, 0.15) is 0 Å². The van der Waals surface area contributed by atoms with Gasteiger partial charge >= 0.3 is 0 Å². The Morgan fingerprint density at radius 3 is 2.58 bits per heavy atom. The van der Waals surface area contributed by atoms with Crippen molar-refractivity contribution in [2.75, 3.05) is 51.5 Å². The molecule has 0 radical (unpaired) electrons. The molecule has 1 heterocycles. The van der Waals surface area contributed by atoms with E-state index in [1.165, 1.54) is 16.7 Å². The van der Waals surface area contributed by atoms with Crippen LogP contribution in [-0.2, 0) is 14.3 Å². The van der Waals surface area contributed by atoms with Crippen molar-refractivity contribution in [2.24, 2.45) is 0 Å². The van der Waals surface area contributed by atoms with Crippen molar-refractivity contribution < 1.29 is 19.4 Å². The molecule has 1 aliphatic rings. The zero-order valence-electron chi connectivity index (χ0n) is 11.5. The van der Waals surface area contributed by atoms with Gasteiger partial charge in [0.05, 0.1) is 37.4 Å². The molecular weight excluding hydrogens is 268 g/mol. The molecule has 6 nitrogen and oxygen atoms in total. The quantitative estimate of drug-likeness (QED) is 0.708. The summed E-state index contributed by atoms with van der Waals surface area (Å²) in [5.41, 5.74) is 0. The van der Waals surface area contributed by atoms with Crippen LogP contribution in [0.4, 0.5) is 0 Å². The number of likely N-dealkylation sites (N-methyl/N-ethyl adjacent to an activating group) is 1. The number of nitrogens with zero attached hydrogens (tertiary/aromatic N) is 2. The summed E-state index contributed by atoms with van der Waals surface area (Å²) < 4.78 is 5.18. The minimum atomic E-state index is -0.192. The number of hydrogen-bond acceptors (Lipinski definition) is 5. The lowest BCUT2D eigenvalue weighted by molar-refractivity contribution is -0.132. The van der Waals surface area contributed by atoms with E-state index in [9.17, 15) is 9.59 Å². The second-order valence-electron chi connectivity index (χ2n) is 4.52. The van der Waals surface area contributed by atoms with E-state index in [2.05, 4.69) is 0 Å². The lowest BCUT2D eigenvalue weighted by Crippen LogP contribution is -2.42. The van der Waals surface area contributed by atoms with Crippen LogP contribution in [0.15, 0.2) is 0 Å². The summed E-state index contributed by atoms with van der Waals surface area (Å²) in [4.78, 5) is 26.8. The molecule has 2 amide bonds. The Morgan fingerprint density at radius 1 is 1.37 bits per heavy atom. The molecule has 0 spiro atoms. The van der Waals surface area contributed by atoms with Gasteiger partial charge in [-0.2, -0.15) is 0 Å². The summed E-state index contributed by atoms with van der Waals surface area (Å²) in [5, 5.41) is 8.96. The highest BCUT2D eigenvalue weighted by atomic mass is 32.2. The van der Waals surface area contributed by atoms with Gasteiger partial charge in [-0.25, -0.2) is 0 Å². The van der Waals surface area contributed by atoms with Crippen molar-refractivity contribution in [2.45, 2.75) is 13.0 Å². The van der Waals surface area contributed by atoms with Crippen molar-refractivity contribution in [3.05, 3.63) is 0 Å². The predicted octanol–water partition coefficient (Wildman–Crippen LogP) is -0.582. The minimum Gasteiger partial charge on any atom is -0.394 e. The van der Waals surface area contributed by atoms with E-state index in [-0.39, 0.29) is 30.2 Å². The molecule has 0 bridgehead atoms. The van der Waals surface area contributed by atoms with Crippen molar-refractivity contribution in [1.82, 2.24) is 9.80 Å². The third-order valence-electron chi connectivity index (χ3n) is 3.13. The van der Waals surface area contributed by atoms with Gasteiger partial charge < -0.3 is 19.6 Å². The first kappa shape index (κ1) is 16.3. The lowest BCUT2D eigenvalue weighted by atomic mass is 10.3. The maximum Gasteiger partial charge on any atom is 0.232 e. The Labute approximate surface area is 118 Å². The van der Waals surface area contributed by atoms with E-state index in [1.807, 2.05) is 0 Å². The number of amides is 2. The molecule has 0 aromatic heterocycles. The molecule has 1 aliphatic heterocycles. The van der Waals surface area contributed by atoms with Gasteiger partial charge in [0.2, 0.25) is 11.8 Å². The van der Waals surface area contributed by atoms with Gasteiger partial charge in [-0.05, 0) is 6.92 Å². The number of aliphatic hydroxyl groups excluding tert-OH is 1. The Morgan fingerprint density at radius 2 is 2.00 bits per heavy atom. The number of morpholine rings is 1. The van der Waals surface area contributed by atoms with Crippen LogP contribution in [0.5, 0.6) is 0 Å². The maximum absolute atomic E-state index is 11.8. The van der Waals surface area contributed by atoms with Gasteiger partial charge in [-0.3, -0.25) is 9.59 Å².